The number of amides is 2. The highest BCUT2D eigenvalue weighted by atomic mass is 16.3. The van der Waals surface area contributed by atoms with Crippen LogP contribution in [-0.2, 0) is 0 Å². The van der Waals surface area contributed by atoms with E-state index >= 15 is 0 Å². The minimum atomic E-state index is -0.497. The topological polar surface area (TPSA) is 52.6 Å². The third-order valence-corrected chi connectivity index (χ3v) is 3.80. The third-order valence-electron chi connectivity index (χ3n) is 3.80. The molecule has 2 N–H and O–H groups in total. The Balaban J connectivity index is 2.71. The van der Waals surface area contributed by atoms with E-state index in [2.05, 4.69) is 26.1 Å². The van der Waals surface area contributed by atoms with Gasteiger partial charge in [-0.3, -0.25) is 0 Å². The lowest BCUT2D eigenvalue weighted by atomic mass is 9.87. The van der Waals surface area contributed by atoms with Gasteiger partial charge in [-0.2, -0.15) is 0 Å². The number of nitrogens with one attached hydrogen (secondary N) is 1. The molecule has 2 amide bonds. The van der Waals surface area contributed by atoms with Gasteiger partial charge in [-0.25, -0.2) is 4.79 Å². The second-order valence-corrected chi connectivity index (χ2v) is 6.38. The molecule has 0 heterocycles. The van der Waals surface area contributed by atoms with Gasteiger partial charge in [-0.1, -0.05) is 32.9 Å². The average molecular weight is 278 g/mol. The van der Waals surface area contributed by atoms with Crippen LogP contribution in [0.4, 0.5) is 10.5 Å². The Morgan fingerprint density at radius 2 is 1.70 bits per heavy atom. The van der Waals surface area contributed by atoms with Crippen molar-refractivity contribution in [1.82, 2.24) is 4.90 Å². The number of hydrogen-bond acceptors (Lipinski definition) is 2. The molecule has 4 heteroatoms. The number of rotatable bonds is 3. The van der Waals surface area contributed by atoms with Crippen LogP contribution in [0.15, 0.2) is 24.3 Å². The molecule has 2 atom stereocenters. The first-order valence-corrected chi connectivity index (χ1v) is 6.94. The Kier molecular flexibility index (Phi) is 5.17. The van der Waals surface area contributed by atoms with Crippen LogP contribution >= 0.6 is 0 Å². The highest BCUT2D eigenvalue weighted by Gasteiger charge is 2.26. The Hall–Kier alpha value is -1.55. The van der Waals surface area contributed by atoms with Crippen LogP contribution in [-0.4, -0.2) is 29.1 Å². The second-order valence-electron chi connectivity index (χ2n) is 6.38. The van der Waals surface area contributed by atoms with Crippen molar-refractivity contribution in [2.45, 2.75) is 46.8 Å². The molecule has 1 aromatic carbocycles. The monoisotopic (exact) mass is 278 g/mol. The maximum atomic E-state index is 12.2. The van der Waals surface area contributed by atoms with Gasteiger partial charge in [0.2, 0.25) is 0 Å². The van der Waals surface area contributed by atoms with Crippen molar-refractivity contribution < 1.29 is 9.90 Å². The summed E-state index contributed by atoms with van der Waals surface area (Å²) in [5, 5.41) is 12.3. The second kappa shape index (κ2) is 6.27. The fraction of sp³-hybridized carbons (Fsp3) is 0.562. The zero-order valence-electron chi connectivity index (χ0n) is 13.3. The van der Waals surface area contributed by atoms with Gasteiger partial charge in [0.25, 0.3) is 0 Å². The lowest BCUT2D eigenvalue weighted by molar-refractivity contribution is 0.156. The van der Waals surface area contributed by atoms with E-state index in [0.717, 1.165) is 11.3 Å². The maximum absolute atomic E-state index is 12.2. The SMILES string of the molecule is CC(O)c1ccc(NC(=O)N(C)C(C)C(C)(C)C)cc1. The van der Waals surface area contributed by atoms with E-state index in [-0.39, 0.29) is 17.5 Å². The molecular weight excluding hydrogens is 252 g/mol. The number of carbonyl (C=O) groups excluding carboxylic acids is 1. The molecule has 20 heavy (non-hydrogen) atoms. The summed E-state index contributed by atoms with van der Waals surface area (Å²) in [7, 11) is 1.80. The summed E-state index contributed by atoms with van der Waals surface area (Å²) in [6, 6.07) is 7.22. The molecule has 0 aliphatic rings. The predicted molar refractivity (Wildman–Crippen MR) is 82.8 cm³/mol. The first kappa shape index (κ1) is 16.5. The van der Waals surface area contributed by atoms with Crippen molar-refractivity contribution in [2.24, 2.45) is 5.41 Å². The number of anilines is 1. The molecule has 2 unspecified atom stereocenters. The Labute approximate surface area is 121 Å². The standard InChI is InChI=1S/C16H26N2O2/c1-11(19)13-7-9-14(10-8-13)17-15(20)18(6)12(2)16(3,4)5/h7-12,19H,1-6H3,(H,17,20). The van der Waals surface area contributed by atoms with Crippen LogP contribution in [0, 0.1) is 5.41 Å². The normalized spacial score (nSPS) is 14.6. The largest absolute Gasteiger partial charge is 0.389 e. The van der Waals surface area contributed by atoms with E-state index in [1.165, 1.54) is 0 Å². The van der Waals surface area contributed by atoms with Crippen molar-refractivity contribution in [3.63, 3.8) is 0 Å². The first-order valence-electron chi connectivity index (χ1n) is 6.94. The molecule has 1 aromatic rings. The van der Waals surface area contributed by atoms with Crippen LogP contribution < -0.4 is 5.32 Å². The van der Waals surface area contributed by atoms with Crippen molar-refractivity contribution in [1.29, 1.82) is 0 Å². The smallest absolute Gasteiger partial charge is 0.321 e. The van der Waals surface area contributed by atoms with Crippen LogP contribution in [0.3, 0.4) is 0 Å². The average Bonchev–Trinajstić information content (AvgIpc) is 2.36. The van der Waals surface area contributed by atoms with Gasteiger partial charge < -0.3 is 15.3 Å². The van der Waals surface area contributed by atoms with E-state index in [9.17, 15) is 9.90 Å². The van der Waals surface area contributed by atoms with E-state index in [1.807, 2.05) is 19.1 Å². The molecule has 0 radical (unpaired) electrons. The van der Waals surface area contributed by atoms with Crippen LogP contribution in [0.25, 0.3) is 0 Å². The van der Waals surface area contributed by atoms with Crippen molar-refractivity contribution in [3.05, 3.63) is 29.8 Å². The van der Waals surface area contributed by atoms with E-state index in [4.69, 9.17) is 0 Å². The number of benzene rings is 1. The quantitative estimate of drug-likeness (QED) is 0.887. The van der Waals surface area contributed by atoms with Crippen molar-refractivity contribution in [2.75, 3.05) is 12.4 Å². The summed E-state index contributed by atoms with van der Waals surface area (Å²) >= 11 is 0. The Morgan fingerprint density at radius 3 is 2.10 bits per heavy atom. The fourth-order valence-electron chi connectivity index (χ4n) is 1.81. The Bertz CT molecular complexity index is 447. The molecule has 0 saturated heterocycles. The zero-order chi connectivity index (χ0) is 15.5. The van der Waals surface area contributed by atoms with Gasteiger partial charge >= 0.3 is 6.03 Å². The number of hydrogen-bond donors (Lipinski definition) is 2. The number of aliphatic hydroxyl groups is 1. The number of aliphatic hydroxyl groups excluding tert-OH is 1. The maximum Gasteiger partial charge on any atom is 0.321 e. The number of urea groups is 1. The predicted octanol–water partition coefficient (Wildman–Crippen LogP) is 3.64. The minimum absolute atomic E-state index is 0.0300. The molecular formula is C16H26N2O2. The van der Waals surface area contributed by atoms with E-state index < -0.39 is 6.10 Å². The molecule has 112 valence electrons. The molecule has 0 aliphatic heterocycles. The Morgan fingerprint density at radius 1 is 1.20 bits per heavy atom. The highest BCUT2D eigenvalue weighted by Crippen LogP contribution is 2.23. The molecule has 0 aliphatic carbocycles. The summed E-state index contributed by atoms with van der Waals surface area (Å²) in [5.41, 5.74) is 1.59. The lowest BCUT2D eigenvalue weighted by Gasteiger charge is -2.35. The lowest BCUT2D eigenvalue weighted by Crippen LogP contribution is -2.44. The minimum Gasteiger partial charge on any atom is -0.389 e. The molecule has 0 saturated carbocycles. The summed E-state index contributed by atoms with van der Waals surface area (Å²) in [5.74, 6) is 0. The molecule has 1 rings (SSSR count). The van der Waals surface area contributed by atoms with Gasteiger partial charge in [0.05, 0.1) is 6.10 Å². The summed E-state index contributed by atoms with van der Waals surface area (Å²) < 4.78 is 0. The summed E-state index contributed by atoms with van der Waals surface area (Å²) in [6.45, 7) is 10.1. The summed E-state index contributed by atoms with van der Waals surface area (Å²) in [6.07, 6.45) is -0.497. The molecule has 0 fully saturated rings. The third kappa shape index (κ3) is 4.23. The fourth-order valence-corrected chi connectivity index (χ4v) is 1.81. The van der Waals surface area contributed by atoms with E-state index in [1.54, 1.807) is 31.0 Å². The molecule has 0 bridgehead atoms. The van der Waals surface area contributed by atoms with Gasteiger partial charge in [0.1, 0.15) is 0 Å². The van der Waals surface area contributed by atoms with Gasteiger partial charge in [0.15, 0.2) is 0 Å². The van der Waals surface area contributed by atoms with Gasteiger partial charge in [0, 0.05) is 18.8 Å². The van der Waals surface area contributed by atoms with Crippen molar-refractivity contribution >= 4 is 11.7 Å². The highest BCUT2D eigenvalue weighted by molar-refractivity contribution is 5.89. The summed E-state index contributed by atoms with van der Waals surface area (Å²) in [4.78, 5) is 13.9. The first-order chi connectivity index (χ1) is 9.12. The van der Waals surface area contributed by atoms with Crippen LogP contribution in [0.2, 0.25) is 0 Å². The van der Waals surface area contributed by atoms with Crippen LogP contribution in [0.1, 0.15) is 46.3 Å². The molecule has 0 aromatic heterocycles. The molecule has 4 nitrogen and oxygen atoms in total. The van der Waals surface area contributed by atoms with Crippen molar-refractivity contribution in [3.8, 4) is 0 Å². The van der Waals surface area contributed by atoms with E-state index in [0.29, 0.717) is 0 Å². The number of nitrogens with zero attached hydrogens (tertiary/aromatic N) is 1. The van der Waals surface area contributed by atoms with Gasteiger partial charge in [-0.15, -0.1) is 0 Å². The van der Waals surface area contributed by atoms with Gasteiger partial charge in [-0.05, 0) is 37.0 Å². The number of carbonyl (C=O) groups is 1. The zero-order valence-corrected chi connectivity index (χ0v) is 13.3. The van der Waals surface area contributed by atoms with Crippen LogP contribution in [0.5, 0.6) is 0 Å². The molecule has 0 spiro atoms.